The van der Waals surface area contributed by atoms with Crippen LogP contribution in [0.15, 0.2) is 17.2 Å². The van der Waals surface area contributed by atoms with Gasteiger partial charge in [-0.25, -0.2) is 0 Å². The van der Waals surface area contributed by atoms with E-state index >= 15 is 0 Å². The summed E-state index contributed by atoms with van der Waals surface area (Å²) in [7, 11) is 0. The van der Waals surface area contributed by atoms with Gasteiger partial charge in [-0.15, -0.1) is 0 Å². The molecule has 15 heavy (non-hydrogen) atoms. The number of nitrogens with one attached hydrogen (secondary N) is 1. The summed E-state index contributed by atoms with van der Waals surface area (Å²) < 4.78 is 0. The maximum absolute atomic E-state index is 5.96. The van der Waals surface area contributed by atoms with Crippen LogP contribution in [0.5, 0.6) is 0 Å². The topological polar surface area (TPSA) is 24.4 Å². The van der Waals surface area contributed by atoms with E-state index in [4.69, 9.17) is 34.8 Å². The molecule has 82 valence electrons. The van der Waals surface area contributed by atoms with Crippen LogP contribution in [0.4, 0.5) is 5.69 Å². The Labute approximate surface area is 104 Å². The average molecular weight is 266 g/mol. The molecule has 1 N–H and O–H groups in total. The summed E-state index contributed by atoms with van der Waals surface area (Å²) in [6.45, 7) is 3.94. The van der Waals surface area contributed by atoms with Crippen LogP contribution in [0.1, 0.15) is 20.3 Å². The predicted octanol–water partition coefficient (Wildman–Crippen LogP) is 4.84. The number of benzene rings is 1. The van der Waals surface area contributed by atoms with Gasteiger partial charge >= 0.3 is 0 Å². The maximum Gasteiger partial charge on any atom is 0.0935 e. The molecule has 0 saturated carbocycles. The van der Waals surface area contributed by atoms with Crippen molar-refractivity contribution in [2.75, 3.05) is 5.43 Å². The molecule has 5 heteroatoms. The number of anilines is 1. The van der Waals surface area contributed by atoms with Gasteiger partial charge in [0, 0.05) is 10.7 Å². The fourth-order valence-electron chi connectivity index (χ4n) is 0.879. The third-order valence-electron chi connectivity index (χ3n) is 1.88. The van der Waals surface area contributed by atoms with Crippen molar-refractivity contribution in [3.05, 3.63) is 27.2 Å². The smallest absolute Gasteiger partial charge is 0.0935 e. The van der Waals surface area contributed by atoms with E-state index in [1.54, 1.807) is 12.1 Å². The zero-order valence-corrected chi connectivity index (χ0v) is 10.7. The molecule has 0 bridgehead atoms. The third kappa shape index (κ3) is 3.56. The lowest BCUT2D eigenvalue weighted by Gasteiger charge is -2.07. The lowest BCUT2D eigenvalue weighted by Crippen LogP contribution is -1.97. The van der Waals surface area contributed by atoms with Crippen LogP contribution in [0.25, 0.3) is 0 Å². The largest absolute Gasteiger partial charge is 0.276 e. The average Bonchev–Trinajstić information content (AvgIpc) is 2.15. The molecule has 0 spiro atoms. The van der Waals surface area contributed by atoms with Gasteiger partial charge in [-0.3, -0.25) is 5.43 Å². The highest BCUT2D eigenvalue weighted by molar-refractivity contribution is 6.41. The molecule has 0 unspecified atom stereocenters. The van der Waals surface area contributed by atoms with Crippen molar-refractivity contribution >= 4 is 46.2 Å². The number of hydrogen-bond donors (Lipinski definition) is 1. The molecule has 1 aromatic rings. The molecule has 1 aromatic carbocycles. The minimum atomic E-state index is 0.458. The van der Waals surface area contributed by atoms with Gasteiger partial charge in [-0.05, 0) is 25.5 Å². The van der Waals surface area contributed by atoms with Crippen LogP contribution >= 0.6 is 34.8 Å². The quantitative estimate of drug-likeness (QED) is 0.613. The fourth-order valence-corrected chi connectivity index (χ4v) is 1.78. The van der Waals surface area contributed by atoms with Gasteiger partial charge in [0.1, 0.15) is 0 Å². The number of hydrogen-bond acceptors (Lipinski definition) is 2. The van der Waals surface area contributed by atoms with Crippen LogP contribution in [0.3, 0.4) is 0 Å². The predicted molar refractivity (Wildman–Crippen MR) is 68.5 cm³/mol. The molecular weight excluding hydrogens is 254 g/mol. The number of rotatable bonds is 3. The minimum absolute atomic E-state index is 0.458. The maximum atomic E-state index is 5.96. The van der Waals surface area contributed by atoms with E-state index in [0.717, 1.165) is 12.1 Å². The first kappa shape index (κ1) is 12.6. The van der Waals surface area contributed by atoms with E-state index in [2.05, 4.69) is 10.5 Å². The summed E-state index contributed by atoms with van der Waals surface area (Å²) in [5.41, 5.74) is 4.37. The van der Waals surface area contributed by atoms with Crippen LogP contribution in [0.2, 0.25) is 15.1 Å². The second-order valence-electron chi connectivity index (χ2n) is 3.06. The highest BCUT2D eigenvalue weighted by Crippen LogP contribution is 2.33. The van der Waals surface area contributed by atoms with Crippen molar-refractivity contribution in [1.82, 2.24) is 0 Å². The molecule has 0 radical (unpaired) electrons. The standard InChI is InChI=1S/C10H11Cl3N2/c1-3-6(2)14-15-10-8(12)4-7(11)5-9(10)13/h4-5,15H,3H2,1-2H3/b14-6+. The molecule has 0 aromatic heterocycles. The second kappa shape index (κ2) is 5.59. The van der Waals surface area contributed by atoms with Crippen LogP contribution in [-0.2, 0) is 0 Å². The van der Waals surface area contributed by atoms with Gasteiger partial charge in [0.05, 0.1) is 15.7 Å². The highest BCUT2D eigenvalue weighted by Gasteiger charge is 2.06. The molecular formula is C10H11Cl3N2. The number of hydrazone groups is 1. The van der Waals surface area contributed by atoms with Gasteiger partial charge in [0.15, 0.2) is 0 Å². The normalized spacial score (nSPS) is 11.7. The van der Waals surface area contributed by atoms with E-state index in [1.165, 1.54) is 0 Å². The zero-order chi connectivity index (χ0) is 11.4. The first-order valence-corrected chi connectivity index (χ1v) is 5.61. The lowest BCUT2D eigenvalue weighted by atomic mass is 10.3. The molecule has 0 aliphatic heterocycles. The van der Waals surface area contributed by atoms with E-state index in [-0.39, 0.29) is 0 Å². The Morgan fingerprint density at radius 2 is 1.80 bits per heavy atom. The van der Waals surface area contributed by atoms with Gasteiger partial charge in [-0.1, -0.05) is 41.7 Å². The molecule has 0 saturated heterocycles. The SMILES string of the molecule is CC/C(C)=N/Nc1c(Cl)cc(Cl)cc1Cl. The van der Waals surface area contributed by atoms with E-state index < -0.39 is 0 Å². The molecule has 2 nitrogen and oxygen atoms in total. The first-order chi connectivity index (χ1) is 7.04. The van der Waals surface area contributed by atoms with E-state index in [0.29, 0.717) is 20.8 Å². The molecule has 0 fully saturated rings. The summed E-state index contributed by atoms with van der Waals surface area (Å²) in [6.07, 6.45) is 0.871. The lowest BCUT2D eigenvalue weighted by molar-refractivity contribution is 1.21. The number of halogens is 3. The van der Waals surface area contributed by atoms with Crippen molar-refractivity contribution < 1.29 is 0 Å². The fraction of sp³-hybridized carbons (Fsp3) is 0.300. The van der Waals surface area contributed by atoms with Crippen molar-refractivity contribution in [2.45, 2.75) is 20.3 Å². The Balaban J connectivity index is 2.95. The Hall–Kier alpha value is -0.440. The molecule has 0 aliphatic rings. The minimum Gasteiger partial charge on any atom is -0.276 e. The summed E-state index contributed by atoms with van der Waals surface area (Å²) >= 11 is 17.7. The molecule has 1 rings (SSSR count). The van der Waals surface area contributed by atoms with Gasteiger partial charge in [-0.2, -0.15) is 5.10 Å². The van der Waals surface area contributed by atoms with Crippen molar-refractivity contribution in [1.29, 1.82) is 0 Å². The van der Waals surface area contributed by atoms with Crippen molar-refractivity contribution in [2.24, 2.45) is 5.10 Å². The number of nitrogens with zero attached hydrogens (tertiary/aromatic N) is 1. The van der Waals surface area contributed by atoms with Crippen LogP contribution in [-0.4, -0.2) is 5.71 Å². The van der Waals surface area contributed by atoms with Gasteiger partial charge < -0.3 is 0 Å². The van der Waals surface area contributed by atoms with Crippen LogP contribution < -0.4 is 5.43 Å². The molecule has 0 aliphatic carbocycles. The molecule has 0 heterocycles. The van der Waals surface area contributed by atoms with Crippen LogP contribution in [0, 0.1) is 0 Å². The van der Waals surface area contributed by atoms with E-state index in [9.17, 15) is 0 Å². The molecule has 0 amide bonds. The molecule has 0 atom stereocenters. The third-order valence-corrected chi connectivity index (χ3v) is 2.69. The van der Waals surface area contributed by atoms with Gasteiger partial charge in [0.2, 0.25) is 0 Å². The second-order valence-corrected chi connectivity index (χ2v) is 4.31. The summed E-state index contributed by atoms with van der Waals surface area (Å²) in [6, 6.07) is 3.24. The first-order valence-electron chi connectivity index (χ1n) is 4.48. The zero-order valence-electron chi connectivity index (χ0n) is 8.44. The van der Waals surface area contributed by atoms with Crippen molar-refractivity contribution in [3.63, 3.8) is 0 Å². The summed E-state index contributed by atoms with van der Waals surface area (Å²) in [5, 5.41) is 5.54. The van der Waals surface area contributed by atoms with E-state index in [1.807, 2.05) is 13.8 Å². The van der Waals surface area contributed by atoms with Gasteiger partial charge in [0.25, 0.3) is 0 Å². The summed E-state index contributed by atoms with van der Waals surface area (Å²) in [5.74, 6) is 0. The Bertz CT molecular complexity index is 365. The Morgan fingerprint density at radius 1 is 1.27 bits per heavy atom. The Kier molecular flexibility index (Phi) is 4.71. The van der Waals surface area contributed by atoms with Crippen molar-refractivity contribution in [3.8, 4) is 0 Å². The summed E-state index contributed by atoms with van der Waals surface area (Å²) in [4.78, 5) is 0. The monoisotopic (exact) mass is 264 g/mol. The highest BCUT2D eigenvalue weighted by atomic mass is 35.5. The Morgan fingerprint density at radius 3 is 2.27 bits per heavy atom.